The number of amides is 1. The molecule has 0 spiro atoms. The molecule has 1 amide bonds. The minimum atomic E-state index is -0.502. The fraction of sp³-hybridized carbons (Fsp3) is 0.462. The summed E-state index contributed by atoms with van der Waals surface area (Å²) in [5.41, 5.74) is 0.935. The predicted molar refractivity (Wildman–Crippen MR) is 64.6 cm³/mol. The van der Waals surface area contributed by atoms with Crippen LogP contribution in [0.25, 0.3) is 0 Å². The molecule has 3 nitrogen and oxygen atoms in total. The third-order valence-electron chi connectivity index (χ3n) is 2.21. The van der Waals surface area contributed by atoms with Crippen LogP contribution in [0.1, 0.15) is 29.8 Å². The Hall–Kier alpha value is -1.42. The van der Waals surface area contributed by atoms with Crippen LogP contribution in [0.4, 0.5) is 4.39 Å². The van der Waals surface area contributed by atoms with Gasteiger partial charge in [-0.05, 0) is 32.9 Å². The molecular formula is C13H18FNO2. The Morgan fingerprint density at radius 1 is 1.47 bits per heavy atom. The molecule has 0 aliphatic rings. The SMILES string of the molecule is Cc1ccc(F)c(C(=O)NCCOC(C)C)c1. The Labute approximate surface area is 101 Å². The maximum absolute atomic E-state index is 13.4. The van der Waals surface area contributed by atoms with Crippen LogP contribution < -0.4 is 5.32 Å². The van der Waals surface area contributed by atoms with E-state index in [0.29, 0.717) is 13.2 Å². The topological polar surface area (TPSA) is 38.3 Å². The van der Waals surface area contributed by atoms with Crippen molar-refractivity contribution in [1.82, 2.24) is 5.32 Å². The van der Waals surface area contributed by atoms with E-state index in [1.165, 1.54) is 12.1 Å². The lowest BCUT2D eigenvalue weighted by Gasteiger charge is -2.09. The van der Waals surface area contributed by atoms with Gasteiger partial charge in [0.05, 0.1) is 18.3 Å². The normalized spacial score (nSPS) is 10.6. The number of hydrogen-bond acceptors (Lipinski definition) is 2. The summed E-state index contributed by atoms with van der Waals surface area (Å²) in [6, 6.07) is 4.47. The average molecular weight is 239 g/mol. The van der Waals surface area contributed by atoms with Crippen molar-refractivity contribution in [1.29, 1.82) is 0 Å². The van der Waals surface area contributed by atoms with Gasteiger partial charge >= 0.3 is 0 Å². The monoisotopic (exact) mass is 239 g/mol. The summed E-state index contributed by atoms with van der Waals surface area (Å²) in [5, 5.41) is 2.62. The maximum atomic E-state index is 13.4. The van der Waals surface area contributed by atoms with E-state index >= 15 is 0 Å². The van der Waals surface area contributed by atoms with Crippen LogP contribution in [0.3, 0.4) is 0 Å². The van der Waals surface area contributed by atoms with Crippen molar-refractivity contribution in [3.05, 3.63) is 35.1 Å². The molecule has 0 aliphatic carbocycles. The molecule has 1 aromatic carbocycles. The molecule has 0 radical (unpaired) electrons. The zero-order chi connectivity index (χ0) is 12.8. The van der Waals surface area contributed by atoms with Crippen molar-refractivity contribution < 1.29 is 13.9 Å². The molecule has 0 unspecified atom stereocenters. The average Bonchev–Trinajstić information content (AvgIpc) is 2.27. The summed E-state index contributed by atoms with van der Waals surface area (Å²) in [4.78, 5) is 11.7. The van der Waals surface area contributed by atoms with Crippen LogP contribution in [0.15, 0.2) is 18.2 Å². The number of ether oxygens (including phenoxy) is 1. The molecule has 1 N–H and O–H groups in total. The van der Waals surface area contributed by atoms with E-state index in [0.717, 1.165) is 5.56 Å². The first-order valence-electron chi connectivity index (χ1n) is 5.66. The number of rotatable bonds is 5. The molecule has 94 valence electrons. The van der Waals surface area contributed by atoms with Crippen molar-refractivity contribution >= 4 is 5.91 Å². The summed E-state index contributed by atoms with van der Waals surface area (Å²) in [6.45, 7) is 6.46. The van der Waals surface area contributed by atoms with Gasteiger partial charge in [0.1, 0.15) is 5.82 Å². The summed E-state index contributed by atoms with van der Waals surface area (Å²) < 4.78 is 18.6. The molecule has 0 atom stereocenters. The fourth-order valence-electron chi connectivity index (χ4n) is 1.37. The van der Waals surface area contributed by atoms with Crippen LogP contribution in [0, 0.1) is 12.7 Å². The molecule has 0 heterocycles. The van der Waals surface area contributed by atoms with Gasteiger partial charge < -0.3 is 10.1 Å². The number of benzene rings is 1. The van der Waals surface area contributed by atoms with Crippen LogP contribution in [-0.2, 0) is 4.74 Å². The first kappa shape index (κ1) is 13.6. The van der Waals surface area contributed by atoms with Gasteiger partial charge in [0, 0.05) is 6.54 Å². The van der Waals surface area contributed by atoms with Crippen LogP contribution in [0.2, 0.25) is 0 Å². The molecule has 1 rings (SSSR count). The third-order valence-corrected chi connectivity index (χ3v) is 2.21. The number of carbonyl (C=O) groups excluding carboxylic acids is 1. The van der Waals surface area contributed by atoms with Crippen molar-refractivity contribution in [2.75, 3.05) is 13.2 Å². The van der Waals surface area contributed by atoms with Crippen molar-refractivity contribution in [2.24, 2.45) is 0 Å². The van der Waals surface area contributed by atoms with Gasteiger partial charge in [0.15, 0.2) is 0 Å². The van der Waals surface area contributed by atoms with E-state index < -0.39 is 11.7 Å². The standard InChI is InChI=1S/C13H18FNO2/c1-9(2)17-7-6-15-13(16)11-8-10(3)4-5-12(11)14/h4-5,8-9H,6-7H2,1-3H3,(H,15,16). The minimum Gasteiger partial charge on any atom is -0.377 e. The van der Waals surface area contributed by atoms with Crippen LogP contribution >= 0.6 is 0 Å². The highest BCUT2D eigenvalue weighted by Crippen LogP contribution is 2.09. The summed E-state index contributed by atoms with van der Waals surface area (Å²) in [5.74, 6) is -0.906. The molecule has 0 saturated heterocycles. The van der Waals surface area contributed by atoms with Gasteiger partial charge in [-0.1, -0.05) is 11.6 Å². The highest BCUT2D eigenvalue weighted by atomic mass is 19.1. The quantitative estimate of drug-likeness (QED) is 0.801. The predicted octanol–water partition coefficient (Wildman–Crippen LogP) is 2.29. The van der Waals surface area contributed by atoms with Gasteiger partial charge in [-0.25, -0.2) is 4.39 Å². The molecule has 0 aliphatic heterocycles. The molecule has 4 heteroatoms. The Morgan fingerprint density at radius 2 is 2.18 bits per heavy atom. The molecular weight excluding hydrogens is 221 g/mol. The van der Waals surface area contributed by atoms with Gasteiger partial charge in [0.25, 0.3) is 5.91 Å². The number of halogens is 1. The van der Waals surface area contributed by atoms with Gasteiger partial charge in [0.2, 0.25) is 0 Å². The van der Waals surface area contributed by atoms with Crippen molar-refractivity contribution in [3.63, 3.8) is 0 Å². The summed E-state index contributed by atoms with van der Waals surface area (Å²) in [7, 11) is 0. The van der Waals surface area contributed by atoms with E-state index in [1.54, 1.807) is 6.07 Å². The van der Waals surface area contributed by atoms with E-state index in [2.05, 4.69) is 5.32 Å². The molecule has 1 aromatic rings. The Kier molecular flexibility index (Phi) is 5.10. The maximum Gasteiger partial charge on any atom is 0.254 e. The molecule has 0 bridgehead atoms. The lowest BCUT2D eigenvalue weighted by molar-refractivity contribution is 0.0745. The minimum absolute atomic E-state index is 0.0783. The summed E-state index contributed by atoms with van der Waals surface area (Å²) >= 11 is 0. The zero-order valence-corrected chi connectivity index (χ0v) is 10.4. The van der Waals surface area contributed by atoms with Crippen LogP contribution in [0.5, 0.6) is 0 Å². The molecule has 0 aromatic heterocycles. The second-order valence-corrected chi connectivity index (χ2v) is 4.16. The Bertz CT molecular complexity index is 391. The lowest BCUT2D eigenvalue weighted by Crippen LogP contribution is -2.28. The first-order chi connectivity index (χ1) is 8.00. The third kappa shape index (κ3) is 4.53. The largest absolute Gasteiger partial charge is 0.377 e. The molecule has 0 fully saturated rings. The fourth-order valence-corrected chi connectivity index (χ4v) is 1.37. The molecule has 0 saturated carbocycles. The Morgan fingerprint density at radius 3 is 2.82 bits per heavy atom. The number of nitrogens with one attached hydrogen (secondary N) is 1. The number of hydrogen-bond donors (Lipinski definition) is 1. The molecule has 17 heavy (non-hydrogen) atoms. The highest BCUT2D eigenvalue weighted by Gasteiger charge is 2.10. The van der Waals surface area contributed by atoms with E-state index in [1.807, 2.05) is 20.8 Å². The van der Waals surface area contributed by atoms with E-state index in [9.17, 15) is 9.18 Å². The first-order valence-corrected chi connectivity index (χ1v) is 5.66. The van der Waals surface area contributed by atoms with Crippen molar-refractivity contribution in [2.45, 2.75) is 26.9 Å². The smallest absolute Gasteiger partial charge is 0.254 e. The van der Waals surface area contributed by atoms with Crippen molar-refractivity contribution in [3.8, 4) is 0 Å². The van der Waals surface area contributed by atoms with E-state index in [4.69, 9.17) is 4.74 Å². The lowest BCUT2D eigenvalue weighted by atomic mass is 10.1. The summed E-state index contributed by atoms with van der Waals surface area (Å²) in [6.07, 6.45) is 0.127. The highest BCUT2D eigenvalue weighted by molar-refractivity contribution is 5.94. The van der Waals surface area contributed by atoms with Gasteiger partial charge in [-0.3, -0.25) is 4.79 Å². The second-order valence-electron chi connectivity index (χ2n) is 4.16. The Balaban J connectivity index is 2.49. The van der Waals surface area contributed by atoms with Crippen LogP contribution in [-0.4, -0.2) is 25.2 Å². The second kappa shape index (κ2) is 6.35. The number of carbonyl (C=O) groups is 1. The zero-order valence-electron chi connectivity index (χ0n) is 10.4. The van der Waals surface area contributed by atoms with Gasteiger partial charge in [-0.15, -0.1) is 0 Å². The van der Waals surface area contributed by atoms with E-state index in [-0.39, 0.29) is 11.7 Å². The number of aryl methyl sites for hydroxylation is 1. The van der Waals surface area contributed by atoms with Gasteiger partial charge in [-0.2, -0.15) is 0 Å².